The summed E-state index contributed by atoms with van der Waals surface area (Å²) in [7, 11) is 1.57. The monoisotopic (exact) mass is 411 g/mol. The van der Waals surface area contributed by atoms with Crippen LogP contribution in [0.25, 0.3) is 5.70 Å². The summed E-state index contributed by atoms with van der Waals surface area (Å²) in [4.78, 5) is 8.86. The third-order valence-corrected chi connectivity index (χ3v) is 4.66. The first-order valence-corrected chi connectivity index (χ1v) is 9.28. The van der Waals surface area contributed by atoms with E-state index in [0.717, 1.165) is 22.4 Å². The van der Waals surface area contributed by atoms with Gasteiger partial charge in [0.1, 0.15) is 11.6 Å². The number of rotatable bonds is 5. The first-order valence-electron chi connectivity index (χ1n) is 8.53. The van der Waals surface area contributed by atoms with Gasteiger partial charge in [-0.25, -0.2) is 4.99 Å². The largest absolute Gasteiger partial charge is 0.495 e. The Morgan fingerprint density at radius 2 is 1.96 bits per heavy atom. The Kier molecular flexibility index (Phi) is 6.34. The fourth-order valence-electron chi connectivity index (χ4n) is 2.61. The van der Waals surface area contributed by atoms with Gasteiger partial charge in [-0.1, -0.05) is 35.8 Å². The molecule has 1 N–H and O–H groups in total. The Hall–Kier alpha value is -2.82. The van der Waals surface area contributed by atoms with E-state index in [2.05, 4.69) is 16.9 Å². The molecule has 0 saturated heterocycles. The predicted octanol–water partition coefficient (Wildman–Crippen LogP) is 6.24. The molecule has 6 heteroatoms. The highest BCUT2D eigenvalue weighted by molar-refractivity contribution is 6.32. The van der Waals surface area contributed by atoms with Gasteiger partial charge in [0.2, 0.25) is 0 Å². The van der Waals surface area contributed by atoms with Crippen LogP contribution in [0.4, 0.5) is 5.69 Å². The molecule has 0 fully saturated rings. The molecule has 0 unspecified atom stereocenters. The van der Waals surface area contributed by atoms with Crippen LogP contribution in [-0.4, -0.2) is 17.9 Å². The van der Waals surface area contributed by atoms with Gasteiger partial charge in [-0.15, -0.1) is 0 Å². The average molecular weight is 412 g/mol. The van der Waals surface area contributed by atoms with Crippen molar-refractivity contribution in [3.63, 3.8) is 0 Å². The first kappa shape index (κ1) is 19.9. The maximum atomic E-state index is 6.23. The van der Waals surface area contributed by atoms with Crippen molar-refractivity contribution in [3.05, 3.63) is 94.2 Å². The average Bonchev–Trinajstić information content (AvgIpc) is 2.71. The summed E-state index contributed by atoms with van der Waals surface area (Å²) in [6, 6.07) is 14.8. The second-order valence-corrected chi connectivity index (χ2v) is 6.93. The Morgan fingerprint density at radius 3 is 2.68 bits per heavy atom. The molecule has 0 saturated carbocycles. The van der Waals surface area contributed by atoms with E-state index < -0.39 is 0 Å². The summed E-state index contributed by atoms with van der Waals surface area (Å²) in [5.41, 5.74) is 4.08. The van der Waals surface area contributed by atoms with Gasteiger partial charge in [-0.05, 0) is 48.9 Å². The number of hydrogen-bond acceptors (Lipinski definition) is 3. The summed E-state index contributed by atoms with van der Waals surface area (Å²) >= 11 is 12.4. The molecule has 1 heterocycles. The number of ether oxygens (including phenoxy) is 1. The number of nitrogens with zero attached hydrogens (tertiary/aromatic N) is 2. The molecule has 0 aliphatic carbocycles. The van der Waals surface area contributed by atoms with Gasteiger partial charge in [-0.3, -0.25) is 4.98 Å². The van der Waals surface area contributed by atoms with E-state index in [1.54, 1.807) is 25.6 Å². The molecule has 3 rings (SSSR count). The molecule has 0 spiro atoms. The number of aryl methyl sites for hydroxylation is 1. The van der Waals surface area contributed by atoms with Crippen LogP contribution < -0.4 is 10.1 Å². The maximum absolute atomic E-state index is 6.23. The number of hydrogen-bond donors (Lipinski definition) is 1. The number of anilines is 1. The number of halogens is 2. The fraction of sp³-hybridized carbons (Fsp3) is 0.0909. The number of pyridine rings is 1. The Bertz CT molecular complexity index is 1030. The molecule has 3 aromatic rings. The third kappa shape index (κ3) is 4.71. The highest BCUT2D eigenvalue weighted by atomic mass is 35.5. The van der Waals surface area contributed by atoms with E-state index in [1.807, 2.05) is 49.4 Å². The van der Waals surface area contributed by atoms with Crippen LogP contribution in [0.1, 0.15) is 16.7 Å². The normalized spacial score (nSPS) is 11.2. The van der Waals surface area contributed by atoms with Gasteiger partial charge in [0.25, 0.3) is 0 Å². The molecule has 2 aromatic carbocycles. The molecule has 4 nitrogen and oxygen atoms in total. The van der Waals surface area contributed by atoms with Crippen molar-refractivity contribution in [1.82, 2.24) is 4.98 Å². The van der Waals surface area contributed by atoms with Crippen molar-refractivity contribution in [2.45, 2.75) is 6.92 Å². The maximum Gasteiger partial charge on any atom is 0.139 e. The van der Waals surface area contributed by atoms with Crippen molar-refractivity contribution in [3.8, 4) is 5.75 Å². The summed E-state index contributed by atoms with van der Waals surface area (Å²) in [5.74, 6) is 1.18. The summed E-state index contributed by atoms with van der Waals surface area (Å²) in [6.07, 6.45) is 3.43. The number of amidine groups is 1. The topological polar surface area (TPSA) is 46.5 Å². The number of methoxy groups -OCH3 is 1. The quantitative estimate of drug-likeness (QED) is 0.399. The minimum absolute atomic E-state index is 0.533. The molecular formula is C22H19Cl2N3O. The molecule has 1 aromatic heterocycles. The van der Waals surface area contributed by atoms with Crippen molar-refractivity contribution >= 4 is 40.4 Å². The van der Waals surface area contributed by atoms with Crippen LogP contribution in [0.5, 0.6) is 5.75 Å². The molecule has 0 aliphatic rings. The minimum atomic E-state index is 0.533. The second kappa shape index (κ2) is 8.91. The van der Waals surface area contributed by atoms with Crippen molar-refractivity contribution in [2.24, 2.45) is 4.99 Å². The number of nitrogens with one attached hydrogen (secondary N) is 1. The Morgan fingerprint density at radius 1 is 1.14 bits per heavy atom. The third-order valence-electron chi connectivity index (χ3n) is 4.11. The zero-order valence-corrected chi connectivity index (χ0v) is 17.1. The summed E-state index contributed by atoms with van der Waals surface area (Å²) < 4.78 is 5.31. The summed E-state index contributed by atoms with van der Waals surface area (Å²) in [5, 5.41) is 4.49. The van der Waals surface area contributed by atoms with E-state index in [9.17, 15) is 0 Å². The van der Waals surface area contributed by atoms with Crippen LogP contribution >= 0.6 is 23.2 Å². The Balaban J connectivity index is 2.05. The lowest BCUT2D eigenvalue weighted by atomic mass is 10.1. The van der Waals surface area contributed by atoms with Crippen LogP contribution in [0.15, 0.2) is 72.5 Å². The molecule has 28 heavy (non-hydrogen) atoms. The lowest BCUT2D eigenvalue weighted by molar-refractivity contribution is 0.415. The number of aromatic nitrogens is 1. The lowest BCUT2D eigenvalue weighted by Gasteiger charge is -2.15. The zero-order valence-electron chi connectivity index (χ0n) is 15.5. The molecule has 0 atom stereocenters. The van der Waals surface area contributed by atoms with Gasteiger partial charge in [0, 0.05) is 40.3 Å². The predicted molar refractivity (Wildman–Crippen MR) is 118 cm³/mol. The van der Waals surface area contributed by atoms with Gasteiger partial charge in [-0.2, -0.15) is 0 Å². The SMILES string of the molecule is C=C(/N=C(/Nc1ccc(Cl)c(OC)c1)c1cc(Cl)ccc1C)c1cccnc1. The first-order chi connectivity index (χ1) is 13.5. The molecule has 0 aliphatic heterocycles. The van der Waals surface area contributed by atoms with Crippen LogP contribution in [0.3, 0.4) is 0 Å². The van der Waals surface area contributed by atoms with Gasteiger partial charge < -0.3 is 10.1 Å². The van der Waals surface area contributed by atoms with Crippen LogP contribution in [-0.2, 0) is 0 Å². The van der Waals surface area contributed by atoms with Crippen molar-refractivity contribution in [1.29, 1.82) is 0 Å². The van der Waals surface area contributed by atoms with Crippen LogP contribution in [0.2, 0.25) is 10.0 Å². The highest BCUT2D eigenvalue weighted by Gasteiger charge is 2.12. The molecule has 0 bridgehead atoms. The van der Waals surface area contributed by atoms with Crippen LogP contribution in [0, 0.1) is 6.92 Å². The van der Waals surface area contributed by atoms with Gasteiger partial charge in [0.05, 0.1) is 17.8 Å². The van der Waals surface area contributed by atoms with Crippen molar-refractivity contribution in [2.75, 3.05) is 12.4 Å². The number of aliphatic imine (C=N–C) groups is 1. The molecule has 142 valence electrons. The fourth-order valence-corrected chi connectivity index (χ4v) is 2.98. The molecular weight excluding hydrogens is 393 g/mol. The standard InChI is InChI=1S/C22H19Cl2N3O/c1-14-6-7-17(23)11-19(14)22(26-15(2)16-5-4-10-25-13-16)27-18-8-9-20(24)21(12-18)28-3/h4-13H,2H2,1,3H3,(H,26,27). The lowest BCUT2D eigenvalue weighted by Crippen LogP contribution is -2.15. The summed E-state index contributed by atoms with van der Waals surface area (Å²) in [6.45, 7) is 6.08. The van der Waals surface area contributed by atoms with E-state index in [0.29, 0.717) is 27.3 Å². The molecule has 0 radical (unpaired) electrons. The minimum Gasteiger partial charge on any atom is -0.495 e. The van der Waals surface area contributed by atoms with Gasteiger partial charge >= 0.3 is 0 Å². The molecule has 0 amide bonds. The Labute approximate surface area is 174 Å². The van der Waals surface area contributed by atoms with E-state index in [1.165, 1.54) is 0 Å². The van der Waals surface area contributed by atoms with E-state index in [4.69, 9.17) is 32.9 Å². The smallest absolute Gasteiger partial charge is 0.139 e. The second-order valence-electron chi connectivity index (χ2n) is 6.08. The number of benzene rings is 2. The van der Waals surface area contributed by atoms with Crippen molar-refractivity contribution < 1.29 is 4.74 Å². The zero-order chi connectivity index (χ0) is 20.1. The van der Waals surface area contributed by atoms with E-state index >= 15 is 0 Å². The van der Waals surface area contributed by atoms with Gasteiger partial charge in [0.15, 0.2) is 0 Å². The highest BCUT2D eigenvalue weighted by Crippen LogP contribution is 2.28. The van der Waals surface area contributed by atoms with E-state index in [-0.39, 0.29) is 0 Å².